The number of carboxylic acids is 1. The van der Waals surface area contributed by atoms with Gasteiger partial charge in [0.2, 0.25) is 0 Å². The summed E-state index contributed by atoms with van der Waals surface area (Å²) in [6, 6.07) is 9.67. The Balaban J connectivity index is 2.13. The molecule has 0 bridgehead atoms. The third-order valence-corrected chi connectivity index (χ3v) is 3.65. The van der Waals surface area contributed by atoms with Crippen LogP contribution in [0.5, 0.6) is 0 Å². The van der Waals surface area contributed by atoms with E-state index in [1.54, 1.807) is 0 Å². The molecular formula is C16H19NO4. The van der Waals surface area contributed by atoms with Crippen LogP contribution >= 0.6 is 0 Å². The lowest BCUT2D eigenvalue weighted by atomic mass is 9.85. The number of carbonyl (C=O) groups is 2. The van der Waals surface area contributed by atoms with Crippen LogP contribution in [0.15, 0.2) is 43.0 Å². The van der Waals surface area contributed by atoms with Crippen molar-refractivity contribution in [2.45, 2.75) is 12.3 Å². The summed E-state index contributed by atoms with van der Waals surface area (Å²) in [6.45, 7) is 4.29. The van der Waals surface area contributed by atoms with E-state index >= 15 is 0 Å². The molecule has 112 valence electrons. The molecule has 1 heterocycles. The van der Waals surface area contributed by atoms with Gasteiger partial charge >= 0.3 is 12.1 Å². The van der Waals surface area contributed by atoms with Gasteiger partial charge in [-0.05, 0) is 12.0 Å². The topological polar surface area (TPSA) is 66.8 Å². The zero-order chi connectivity index (χ0) is 15.2. The Kier molecular flexibility index (Phi) is 4.98. The highest BCUT2D eigenvalue weighted by atomic mass is 16.6. The first-order chi connectivity index (χ1) is 10.1. The first-order valence-corrected chi connectivity index (χ1v) is 6.92. The summed E-state index contributed by atoms with van der Waals surface area (Å²) in [5.41, 5.74) is 1.05. The number of aliphatic carboxylic acids is 1. The average Bonchev–Trinajstić information content (AvgIpc) is 2.53. The maximum absolute atomic E-state index is 12.0. The van der Waals surface area contributed by atoms with Gasteiger partial charge in [-0.1, -0.05) is 43.0 Å². The van der Waals surface area contributed by atoms with E-state index in [0.29, 0.717) is 13.0 Å². The summed E-state index contributed by atoms with van der Waals surface area (Å²) < 4.78 is 5.02. The monoisotopic (exact) mass is 289 g/mol. The molecule has 5 nitrogen and oxygen atoms in total. The summed E-state index contributed by atoms with van der Waals surface area (Å²) >= 11 is 0. The molecule has 1 aromatic rings. The Hall–Kier alpha value is -2.30. The lowest BCUT2D eigenvalue weighted by molar-refractivity contribution is -0.143. The molecule has 1 aromatic carbocycles. The van der Waals surface area contributed by atoms with Crippen LogP contribution in [0.2, 0.25) is 0 Å². The van der Waals surface area contributed by atoms with Crippen molar-refractivity contribution in [2.24, 2.45) is 5.92 Å². The molecule has 1 aliphatic rings. The lowest BCUT2D eigenvalue weighted by Gasteiger charge is -2.35. The molecule has 1 N–H and O–H groups in total. The van der Waals surface area contributed by atoms with E-state index in [1.165, 1.54) is 11.0 Å². The summed E-state index contributed by atoms with van der Waals surface area (Å²) in [4.78, 5) is 24.8. The first kappa shape index (κ1) is 15.1. The van der Waals surface area contributed by atoms with E-state index in [9.17, 15) is 14.7 Å². The number of ether oxygens (including phenoxy) is 1. The number of piperidine rings is 1. The largest absolute Gasteiger partial charge is 0.481 e. The van der Waals surface area contributed by atoms with Crippen LogP contribution in [-0.2, 0) is 9.53 Å². The van der Waals surface area contributed by atoms with Gasteiger partial charge in [-0.2, -0.15) is 0 Å². The van der Waals surface area contributed by atoms with Crippen LogP contribution < -0.4 is 0 Å². The second-order valence-electron chi connectivity index (χ2n) is 5.15. The Morgan fingerprint density at radius 2 is 2.05 bits per heavy atom. The molecule has 0 unspecified atom stereocenters. The number of carboxylic acid groups (broad SMARTS) is 1. The molecule has 5 heteroatoms. The third-order valence-electron chi connectivity index (χ3n) is 3.65. The number of benzene rings is 1. The molecular weight excluding hydrogens is 270 g/mol. The fraction of sp³-hybridized carbons (Fsp3) is 0.375. The number of nitrogens with zero attached hydrogens (tertiary/aromatic N) is 1. The van der Waals surface area contributed by atoms with Crippen molar-refractivity contribution in [1.29, 1.82) is 0 Å². The second kappa shape index (κ2) is 6.92. The van der Waals surface area contributed by atoms with Gasteiger partial charge in [-0.15, -0.1) is 0 Å². The summed E-state index contributed by atoms with van der Waals surface area (Å²) in [5.74, 6) is -1.44. The molecule has 2 rings (SSSR count). The summed E-state index contributed by atoms with van der Waals surface area (Å²) in [7, 11) is 0. The van der Waals surface area contributed by atoms with E-state index in [0.717, 1.165) is 5.56 Å². The highest BCUT2D eigenvalue weighted by Crippen LogP contribution is 2.30. The van der Waals surface area contributed by atoms with Crippen molar-refractivity contribution in [3.63, 3.8) is 0 Å². The number of hydrogen-bond donors (Lipinski definition) is 1. The fourth-order valence-corrected chi connectivity index (χ4v) is 2.62. The second-order valence-corrected chi connectivity index (χ2v) is 5.15. The Morgan fingerprint density at radius 3 is 2.67 bits per heavy atom. The zero-order valence-corrected chi connectivity index (χ0v) is 11.8. The maximum atomic E-state index is 12.0. The van der Waals surface area contributed by atoms with Crippen molar-refractivity contribution < 1.29 is 19.4 Å². The Labute approximate surface area is 123 Å². The highest BCUT2D eigenvalue weighted by molar-refractivity contribution is 5.73. The zero-order valence-electron chi connectivity index (χ0n) is 11.8. The van der Waals surface area contributed by atoms with Crippen LogP contribution in [0.3, 0.4) is 0 Å². The van der Waals surface area contributed by atoms with Crippen LogP contribution in [0.25, 0.3) is 0 Å². The van der Waals surface area contributed by atoms with Gasteiger partial charge < -0.3 is 14.7 Å². The molecule has 1 saturated heterocycles. The van der Waals surface area contributed by atoms with E-state index < -0.39 is 18.0 Å². The van der Waals surface area contributed by atoms with Gasteiger partial charge in [0.25, 0.3) is 0 Å². The predicted octanol–water partition coefficient (Wildman–Crippen LogP) is 2.50. The maximum Gasteiger partial charge on any atom is 0.410 e. The molecule has 1 amide bonds. The van der Waals surface area contributed by atoms with E-state index in [4.69, 9.17) is 4.74 Å². The summed E-state index contributed by atoms with van der Waals surface area (Å²) in [6.07, 6.45) is 1.54. The van der Waals surface area contributed by atoms with Crippen LogP contribution in [0.1, 0.15) is 17.9 Å². The minimum absolute atomic E-state index is 0.0114. The number of carbonyl (C=O) groups excluding carboxylic acids is 1. The molecule has 2 atom stereocenters. The molecule has 0 radical (unpaired) electrons. The van der Waals surface area contributed by atoms with Gasteiger partial charge in [0.1, 0.15) is 6.61 Å². The van der Waals surface area contributed by atoms with Crippen molar-refractivity contribution in [1.82, 2.24) is 4.90 Å². The normalized spacial score (nSPS) is 21.6. The molecule has 1 aliphatic heterocycles. The smallest absolute Gasteiger partial charge is 0.410 e. The average molecular weight is 289 g/mol. The van der Waals surface area contributed by atoms with Crippen molar-refractivity contribution >= 4 is 12.1 Å². The molecule has 0 saturated carbocycles. The van der Waals surface area contributed by atoms with Gasteiger partial charge in [0.05, 0.1) is 5.92 Å². The molecule has 0 aliphatic carbocycles. The molecule has 0 spiro atoms. The standard InChI is InChI=1S/C16H19NO4/c1-2-8-21-16(20)17-10-13(9-14(11-17)15(18)19)12-6-4-3-5-7-12/h2-7,13-14H,1,8-11H2,(H,18,19)/t13-,14+/m0/s1. The van der Waals surface area contributed by atoms with Gasteiger partial charge in [-0.25, -0.2) is 4.79 Å². The van der Waals surface area contributed by atoms with Crippen molar-refractivity contribution in [3.05, 3.63) is 48.6 Å². The predicted molar refractivity (Wildman–Crippen MR) is 78.0 cm³/mol. The number of hydrogen-bond acceptors (Lipinski definition) is 3. The van der Waals surface area contributed by atoms with E-state index in [-0.39, 0.29) is 19.1 Å². The number of amides is 1. The number of rotatable bonds is 4. The van der Waals surface area contributed by atoms with Gasteiger partial charge in [0, 0.05) is 19.0 Å². The minimum atomic E-state index is -0.878. The van der Waals surface area contributed by atoms with E-state index in [1.807, 2.05) is 30.3 Å². The van der Waals surface area contributed by atoms with Gasteiger partial charge in [-0.3, -0.25) is 4.79 Å². The molecule has 1 fully saturated rings. The Morgan fingerprint density at radius 1 is 1.33 bits per heavy atom. The van der Waals surface area contributed by atoms with Gasteiger partial charge in [0.15, 0.2) is 0 Å². The highest BCUT2D eigenvalue weighted by Gasteiger charge is 2.34. The number of likely N-dealkylation sites (tertiary alicyclic amines) is 1. The van der Waals surface area contributed by atoms with Crippen molar-refractivity contribution in [2.75, 3.05) is 19.7 Å². The fourth-order valence-electron chi connectivity index (χ4n) is 2.62. The summed E-state index contributed by atoms with van der Waals surface area (Å²) in [5, 5.41) is 9.28. The SMILES string of the molecule is C=CCOC(=O)N1C[C@H](C(=O)O)C[C@H](c2ccccc2)C1. The Bertz CT molecular complexity index is 514. The lowest BCUT2D eigenvalue weighted by Crippen LogP contribution is -2.45. The minimum Gasteiger partial charge on any atom is -0.481 e. The quantitative estimate of drug-likeness (QED) is 0.865. The third kappa shape index (κ3) is 3.84. The molecule has 0 aromatic heterocycles. The van der Waals surface area contributed by atoms with E-state index in [2.05, 4.69) is 6.58 Å². The van der Waals surface area contributed by atoms with Crippen LogP contribution in [-0.4, -0.2) is 41.8 Å². The molecule has 21 heavy (non-hydrogen) atoms. The van der Waals surface area contributed by atoms with Crippen molar-refractivity contribution in [3.8, 4) is 0 Å². The first-order valence-electron chi connectivity index (χ1n) is 6.92. The van der Waals surface area contributed by atoms with Crippen LogP contribution in [0, 0.1) is 5.92 Å². The van der Waals surface area contributed by atoms with Crippen LogP contribution in [0.4, 0.5) is 4.79 Å².